The van der Waals surface area contributed by atoms with Crippen molar-refractivity contribution in [3.8, 4) is 5.75 Å². The van der Waals surface area contributed by atoms with Crippen LogP contribution in [-0.2, 0) is 6.54 Å². The number of hydrogen-bond acceptors (Lipinski definition) is 2. The van der Waals surface area contributed by atoms with Gasteiger partial charge in [-0.05, 0) is 62.9 Å². The highest BCUT2D eigenvalue weighted by Crippen LogP contribution is 2.26. The topological polar surface area (TPSA) is 32.3 Å². The first-order valence-corrected chi connectivity index (χ1v) is 8.07. The van der Waals surface area contributed by atoms with Gasteiger partial charge >= 0.3 is 0 Å². The smallest absolute Gasteiger partial charge is 0.125 e. The van der Waals surface area contributed by atoms with E-state index in [1.807, 2.05) is 31.2 Å². The number of phenols is 1. The molecule has 2 aromatic carbocycles. The summed E-state index contributed by atoms with van der Waals surface area (Å²) >= 11 is 0. The predicted octanol–water partition coefficient (Wildman–Crippen LogP) is 5.07. The number of phenolic OH excluding ortho intramolecular Hbond substituents is 1. The monoisotopic (exact) mass is 309 g/mol. The van der Waals surface area contributed by atoms with Crippen molar-refractivity contribution in [1.29, 1.82) is 0 Å². The van der Waals surface area contributed by atoms with Crippen LogP contribution < -0.4 is 5.32 Å². The largest absolute Gasteiger partial charge is 0.507 e. The lowest BCUT2D eigenvalue weighted by atomic mass is 10.0. The summed E-state index contributed by atoms with van der Waals surface area (Å²) in [7, 11) is 0. The lowest BCUT2D eigenvalue weighted by molar-refractivity contribution is 0.423. The Balaban J connectivity index is 2.27. The molecule has 0 aromatic heterocycles. The van der Waals surface area contributed by atoms with Crippen LogP contribution in [0, 0.1) is 13.8 Å². The minimum absolute atomic E-state index is 0.0724. The minimum atomic E-state index is 0.0724. The zero-order valence-corrected chi connectivity index (χ0v) is 14.8. The Hall–Kier alpha value is -2.06. The molecule has 2 aromatic rings. The summed E-state index contributed by atoms with van der Waals surface area (Å²) in [5, 5.41) is 13.8. The number of aromatic hydroxyl groups is 1. The van der Waals surface area contributed by atoms with Crippen LogP contribution in [0.5, 0.6) is 5.75 Å². The van der Waals surface area contributed by atoms with Crippen molar-refractivity contribution in [2.24, 2.45) is 0 Å². The van der Waals surface area contributed by atoms with Crippen LogP contribution in [-0.4, -0.2) is 10.6 Å². The van der Waals surface area contributed by atoms with Gasteiger partial charge in [0, 0.05) is 17.6 Å². The summed E-state index contributed by atoms with van der Waals surface area (Å²) in [6, 6.07) is 12.3. The highest BCUT2D eigenvalue weighted by molar-refractivity contribution is 5.74. The summed E-state index contributed by atoms with van der Waals surface area (Å²) in [6.45, 7) is 11.3. The van der Waals surface area contributed by atoms with Gasteiger partial charge in [-0.15, -0.1) is 0 Å². The average Bonchev–Trinajstić information content (AvgIpc) is 2.47. The lowest BCUT2D eigenvalue weighted by Crippen LogP contribution is -2.35. The molecule has 0 aliphatic carbocycles. The molecule has 2 nitrogen and oxygen atoms in total. The number of hydrogen-bond donors (Lipinski definition) is 2. The molecule has 0 saturated carbocycles. The molecule has 23 heavy (non-hydrogen) atoms. The Morgan fingerprint density at radius 3 is 2.26 bits per heavy atom. The van der Waals surface area contributed by atoms with Gasteiger partial charge in [-0.25, -0.2) is 0 Å². The van der Waals surface area contributed by atoms with E-state index in [1.54, 1.807) is 0 Å². The molecular weight excluding hydrogens is 282 g/mol. The van der Waals surface area contributed by atoms with Crippen molar-refractivity contribution in [3.63, 3.8) is 0 Å². The molecule has 0 unspecified atom stereocenters. The third-order valence-corrected chi connectivity index (χ3v) is 3.84. The first kappa shape index (κ1) is 17.3. The van der Waals surface area contributed by atoms with Crippen LogP contribution in [0.15, 0.2) is 36.4 Å². The molecule has 2 N–H and O–H groups in total. The molecule has 0 spiro atoms. The van der Waals surface area contributed by atoms with Gasteiger partial charge in [-0.1, -0.05) is 42.5 Å². The van der Waals surface area contributed by atoms with E-state index in [-0.39, 0.29) is 5.54 Å². The second kappa shape index (κ2) is 7.01. The predicted molar refractivity (Wildman–Crippen MR) is 99.5 cm³/mol. The van der Waals surface area contributed by atoms with Crippen LogP contribution in [0.1, 0.15) is 48.6 Å². The molecule has 0 amide bonds. The van der Waals surface area contributed by atoms with Gasteiger partial charge in [0.15, 0.2) is 0 Å². The lowest BCUT2D eigenvalue weighted by Gasteiger charge is -2.21. The molecule has 0 saturated heterocycles. The second-order valence-electron chi connectivity index (χ2n) is 7.14. The summed E-state index contributed by atoms with van der Waals surface area (Å²) in [4.78, 5) is 0. The maximum Gasteiger partial charge on any atom is 0.125 e. The fourth-order valence-corrected chi connectivity index (χ4v) is 2.43. The van der Waals surface area contributed by atoms with Crippen LogP contribution in [0.3, 0.4) is 0 Å². The minimum Gasteiger partial charge on any atom is -0.507 e. The van der Waals surface area contributed by atoms with Crippen molar-refractivity contribution in [2.45, 2.75) is 46.7 Å². The van der Waals surface area contributed by atoms with Gasteiger partial charge in [-0.2, -0.15) is 0 Å². The molecule has 2 heteroatoms. The molecule has 0 aliphatic rings. The highest BCUT2D eigenvalue weighted by atomic mass is 16.3. The van der Waals surface area contributed by atoms with Gasteiger partial charge in [0.2, 0.25) is 0 Å². The number of benzene rings is 2. The molecular formula is C21H27NO. The molecule has 0 heterocycles. The van der Waals surface area contributed by atoms with Crippen molar-refractivity contribution in [3.05, 3.63) is 64.2 Å². The maximum atomic E-state index is 10.3. The van der Waals surface area contributed by atoms with Crippen molar-refractivity contribution in [2.75, 3.05) is 0 Å². The van der Waals surface area contributed by atoms with E-state index in [0.29, 0.717) is 5.75 Å². The Kier molecular flexibility index (Phi) is 5.27. The standard InChI is InChI=1S/C21H27NO/c1-15-8-6-7-9-18(15)10-11-19-13-17(12-16(2)20(19)23)14-22-21(3,4)5/h6-13,22-23H,14H2,1-5H3/b11-10+. The van der Waals surface area contributed by atoms with E-state index in [2.05, 4.69) is 57.3 Å². The summed E-state index contributed by atoms with van der Waals surface area (Å²) in [5.74, 6) is 0.356. The first-order valence-electron chi connectivity index (χ1n) is 8.07. The average molecular weight is 309 g/mol. The Labute approximate surface area is 139 Å². The Morgan fingerprint density at radius 1 is 0.957 bits per heavy atom. The Morgan fingerprint density at radius 2 is 1.61 bits per heavy atom. The number of aryl methyl sites for hydroxylation is 2. The molecule has 122 valence electrons. The summed E-state index contributed by atoms with van der Waals surface area (Å²) < 4.78 is 0. The molecule has 0 radical (unpaired) electrons. The van der Waals surface area contributed by atoms with Gasteiger partial charge in [0.05, 0.1) is 0 Å². The van der Waals surface area contributed by atoms with E-state index < -0.39 is 0 Å². The SMILES string of the molecule is Cc1ccccc1/C=C/c1cc(CNC(C)(C)C)cc(C)c1O. The molecule has 0 fully saturated rings. The zero-order valence-electron chi connectivity index (χ0n) is 14.8. The quantitative estimate of drug-likeness (QED) is 0.773. The van der Waals surface area contributed by atoms with E-state index >= 15 is 0 Å². The third kappa shape index (κ3) is 4.97. The van der Waals surface area contributed by atoms with Gasteiger partial charge in [-0.3, -0.25) is 0 Å². The fourth-order valence-electron chi connectivity index (χ4n) is 2.43. The van der Waals surface area contributed by atoms with Gasteiger partial charge in [0.1, 0.15) is 5.75 Å². The number of rotatable bonds is 4. The first-order chi connectivity index (χ1) is 10.8. The molecule has 0 bridgehead atoms. The maximum absolute atomic E-state index is 10.3. The zero-order chi connectivity index (χ0) is 17.0. The Bertz CT molecular complexity index is 708. The summed E-state index contributed by atoms with van der Waals surface area (Å²) in [5.41, 5.74) is 5.41. The molecule has 0 aliphatic heterocycles. The van der Waals surface area contributed by atoms with Crippen molar-refractivity contribution in [1.82, 2.24) is 5.32 Å². The van der Waals surface area contributed by atoms with E-state index in [9.17, 15) is 5.11 Å². The van der Waals surface area contributed by atoms with Crippen LogP contribution in [0.2, 0.25) is 0 Å². The highest BCUT2D eigenvalue weighted by Gasteiger charge is 2.10. The molecule has 2 rings (SSSR count). The summed E-state index contributed by atoms with van der Waals surface area (Å²) in [6.07, 6.45) is 4.05. The van der Waals surface area contributed by atoms with Crippen LogP contribution >= 0.6 is 0 Å². The number of nitrogens with one attached hydrogen (secondary N) is 1. The fraction of sp³-hybridized carbons (Fsp3) is 0.333. The van der Waals surface area contributed by atoms with E-state index in [4.69, 9.17) is 0 Å². The van der Waals surface area contributed by atoms with Crippen molar-refractivity contribution < 1.29 is 5.11 Å². The molecule has 0 atom stereocenters. The third-order valence-electron chi connectivity index (χ3n) is 3.84. The van der Waals surface area contributed by atoms with Crippen molar-refractivity contribution >= 4 is 12.2 Å². The van der Waals surface area contributed by atoms with E-state index in [0.717, 1.165) is 17.7 Å². The van der Waals surface area contributed by atoms with E-state index in [1.165, 1.54) is 16.7 Å². The van der Waals surface area contributed by atoms with Gasteiger partial charge in [0.25, 0.3) is 0 Å². The van der Waals surface area contributed by atoms with Crippen LogP contribution in [0.25, 0.3) is 12.2 Å². The van der Waals surface area contributed by atoms with Crippen LogP contribution in [0.4, 0.5) is 0 Å². The normalized spacial score (nSPS) is 12.0. The second-order valence-corrected chi connectivity index (χ2v) is 7.14. The van der Waals surface area contributed by atoms with Gasteiger partial charge < -0.3 is 10.4 Å².